The highest BCUT2D eigenvalue weighted by Crippen LogP contribution is 1.90. The van der Waals surface area contributed by atoms with Crippen molar-refractivity contribution in [3.05, 3.63) is 0 Å². The van der Waals surface area contributed by atoms with Gasteiger partial charge in [0, 0.05) is 13.1 Å². The third-order valence-corrected chi connectivity index (χ3v) is 0.905. The van der Waals surface area contributed by atoms with E-state index < -0.39 is 0 Å². The van der Waals surface area contributed by atoms with Crippen molar-refractivity contribution in [2.24, 2.45) is 5.22 Å². The van der Waals surface area contributed by atoms with Crippen LogP contribution in [0.15, 0.2) is 5.22 Å². The van der Waals surface area contributed by atoms with E-state index in [0.717, 1.165) is 0 Å². The molecule has 3 nitrogen and oxygen atoms in total. The molecule has 0 radical (unpaired) electrons. The average Bonchev–Trinajstić information content (AvgIpc) is 1.65. The Morgan fingerprint density at radius 1 is 1.57 bits per heavy atom. The lowest BCUT2D eigenvalue weighted by Gasteiger charge is -2.13. The first-order valence-corrected chi connectivity index (χ1v) is 2.28. The van der Waals surface area contributed by atoms with E-state index in [2.05, 4.69) is 5.22 Å². The molecule has 0 saturated heterocycles. The average molecular weight is 101 g/mol. The third kappa shape index (κ3) is 2.14. The van der Waals surface area contributed by atoms with Gasteiger partial charge in [-0.2, -0.15) is 5.53 Å². The molecule has 42 valence electrons. The van der Waals surface area contributed by atoms with Crippen LogP contribution < -0.4 is 0 Å². The van der Waals surface area contributed by atoms with Crippen molar-refractivity contribution in [3.8, 4) is 0 Å². The summed E-state index contributed by atoms with van der Waals surface area (Å²) in [6.07, 6.45) is 0. The number of hydrogen-bond acceptors (Lipinski definition) is 2. The van der Waals surface area contributed by atoms with Crippen molar-refractivity contribution in [1.29, 1.82) is 5.53 Å². The maximum atomic E-state index is 6.49. The van der Waals surface area contributed by atoms with Gasteiger partial charge in [0.05, 0.1) is 0 Å². The van der Waals surface area contributed by atoms with Gasteiger partial charge in [-0.25, -0.2) is 0 Å². The Bertz CT molecular complexity index is 60.0. The van der Waals surface area contributed by atoms with Gasteiger partial charge in [0.15, 0.2) is 0 Å². The predicted molar refractivity (Wildman–Crippen MR) is 28.0 cm³/mol. The lowest BCUT2D eigenvalue weighted by Crippen LogP contribution is -2.18. The van der Waals surface area contributed by atoms with Crippen molar-refractivity contribution in [2.45, 2.75) is 19.9 Å². The second-order valence-electron chi connectivity index (χ2n) is 1.77. The molecule has 0 heterocycles. The number of nitrogens with zero attached hydrogens (tertiary/aromatic N) is 2. The van der Waals surface area contributed by atoms with Crippen LogP contribution in [0.5, 0.6) is 0 Å². The van der Waals surface area contributed by atoms with Gasteiger partial charge in [-0.3, -0.25) is 5.01 Å². The summed E-state index contributed by atoms with van der Waals surface area (Å²) in [5.74, 6) is 0. The lowest BCUT2D eigenvalue weighted by molar-refractivity contribution is 0.261. The van der Waals surface area contributed by atoms with Crippen molar-refractivity contribution in [2.75, 3.05) is 7.05 Å². The lowest BCUT2D eigenvalue weighted by atomic mass is 10.4. The minimum absolute atomic E-state index is 0.345. The Morgan fingerprint density at radius 2 is 2.00 bits per heavy atom. The van der Waals surface area contributed by atoms with Gasteiger partial charge >= 0.3 is 0 Å². The Morgan fingerprint density at radius 3 is 2.00 bits per heavy atom. The molecule has 0 aromatic rings. The summed E-state index contributed by atoms with van der Waals surface area (Å²) < 4.78 is 0. The molecule has 7 heavy (non-hydrogen) atoms. The summed E-state index contributed by atoms with van der Waals surface area (Å²) in [5, 5.41) is 4.75. The van der Waals surface area contributed by atoms with Gasteiger partial charge in [-0.05, 0) is 13.8 Å². The molecule has 0 fully saturated rings. The van der Waals surface area contributed by atoms with Crippen LogP contribution >= 0.6 is 0 Å². The van der Waals surface area contributed by atoms with Crippen LogP contribution in [0.25, 0.3) is 0 Å². The van der Waals surface area contributed by atoms with Gasteiger partial charge in [0.2, 0.25) is 0 Å². The van der Waals surface area contributed by atoms with E-state index in [1.807, 2.05) is 13.8 Å². The van der Waals surface area contributed by atoms with Crippen molar-refractivity contribution in [3.63, 3.8) is 0 Å². The first-order chi connectivity index (χ1) is 3.18. The van der Waals surface area contributed by atoms with E-state index >= 15 is 0 Å². The zero-order chi connectivity index (χ0) is 5.86. The van der Waals surface area contributed by atoms with E-state index in [1.54, 1.807) is 12.1 Å². The molecule has 0 rings (SSSR count). The standard InChI is InChI=1S/C4H11N3/c1-4(2)7(3)6-5/h4-5H,1-3H3. The largest absolute Gasteiger partial charge is 0.280 e. The smallest absolute Gasteiger partial charge is 0.0427 e. The Balaban J connectivity index is 3.33. The molecule has 0 aromatic carbocycles. The summed E-state index contributed by atoms with van der Waals surface area (Å²) >= 11 is 0. The minimum Gasteiger partial charge on any atom is -0.280 e. The first kappa shape index (κ1) is 6.40. The van der Waals surface area contributed by atoms with Crippen LogP contribution in [0.1, 0.15) is 13.8 Å². The van der Waals surface area contributed by atoms with Gasteiger partial charge in [-0.1, -0.05) is 5.22 Å². The van der Waals surface area contributed by atoms with Crippen molar-refractivity contribution < 1.29 is 0 Å². The molecule has 0 aliphatic carbocycles. The van der Waals surface area contributed by atoms with Gasteiger partial charge in [-0.15, -0.1) is 0 Å². The van der Waals surface area contributed by atoms with Crippen LogP contribution in [0.4, 0.5) is 0 Å². The van der Waals surface area contributed by atoms with Crippen molar-refractivity contribution in [1.82, 2.24) is 5.01 Å². The molecule has 0 unspecified atom stereocenters. The summed E-state index contributed by atoms with van der Waals surface area (Å²) in [6, 6.07) is 0.345. The molecule has 0 aliphatic rings. The molecule has 0 saturated carbocycles. The molecular formula is C4H11N3. The molecule has 0 bridgehead atoms. The Hall–Kier alpha value is -0.600. The molecule has 0 amide bonds. The fraction of sp³-hybridized carbons (Fsp3) is 1.00. The molecular weight excluding hydrogens is 90.1 g/mol. The zero-order valence-corrected chi connectivity index (χ0v) is 4.97. The third-order valence-electron chi connectivity index (χ3n) is 0.905. The highest BCUT2D eigenvalue weighted by atomic mass is 15.5. The first-order valence-electron chi connectivity index (χ1n) is 2.28. The van der Waals surface area contributed by atoms with Crippen molar-refractivity contribution >= 4 is 0 Å². The second-order valence-corrected chi connectivity index (χ2v) is 1.77. The summed E-state index contributed by atoms with van der Waals surface area (Å²) in [6.45, 7) is 3.97. The second kappa shape index (κ2) is 2.55. The number of hydrogen-bond donors (Lipinski definition) is 1. The van der Waals surface area contributed by atoms with Crippen LogP contribution in [-0.2, 0) is 0 Å². The topological polar surface area (TPSA) is 39.5 Å². The van der Waals surface area contributed by atoms with Crippen LogP contribution in [0.2, 0.25) is 0 Å². The summed E-state index contributed by atoms with van der Waals surface area (Å²) in [5.41, 5.74) is 6.49. The molecule has 3 heteroatoms. The normalized spacial score (nSPS) is 9.14. The van der Waals surface area contributed by atoms with E-state index in [-0.39, 0.29) is 0 Å². The summed E-state index contributed by atoms with van der Waals surface area (Å²) in [4.78, 5) is 0. The van der Waals surface area contributed by atoms with Crippen LogP contribution in [0, 0.1) is 5.53 Å². The monoisotopic (exact) mass is 101 g/mol. The minimum atomic E-state index is 0.345. The molecule has 0 aromatic heterocycles. The molecule has 0 atom stereocenters. The van der Waals surface area contributed by atoms with Gasteiger partial charge in [0.1, 0.15) is 0 Å². The van der Waals surface area contributed by atoms with Crippen LogP contribution in [-0.4, -0.2) is 18.1 Å². The highest BCUT2D eigenvalue weighted by molar-refractivity contribution is 4.45. The zero-order valence-electron chi connectivity index (χ0n) is 4.97. The van der Waals surface area contributed by atoms with E-state index in [4.69, 9.17) is 5.53 Å². The summed E-state index contributed by atoms with van der Waals surface area (Å²) in [7, 11) is 1.78. The van der Waals surface area contributed by atoms with Crippen LogP contribution in [0.3, 0.4) is 0 Å². The fourth-order valence-corrected chi connectivity index (χ4v) is 0.115. The maximum Gasteiger partial charge on any atom is 0.0427 e. The molecule has 0 aliphatic heterocycles. The Kier molecular flexibility index (Phi) is 2.33. The number of rotatable bonds is 2. The highest BCUT2D eigenvalue weighted by Gasteiger charge is 1.94. The van der Waals surface area contributed by atoms with E-state index in [9.17, 15) is 0 Å². The van der Waals surface area contributed by atoms with E-state index in [0.29, 0.717) is 6.04 Å². The quantitative estimate of drug-likeness (QED) is 0.413. The molecule has 0 spiro atoms. The predicted octanol–water partition coefficient (Wildman–Crippen LogP) is 1.27. The molecule has 1 N–H and O–H groups in total. The SMILES string of the molecule is CC(C)N(C)N=N. The Labute approximate surface area is 43.8 Å². The van der Waals surface area contributed by atoms with Gasteiger partial charge in [0.25, 0.3) is 0 Å². The van der Waals surface area contributed by atoms with Gasteiger partial charge < -0.3 is 0 Å². The number of nitrogens with one attached hydrogen (secondary N) is 1. The fourth-order valence-electron chi connectivity index (χ4n) is 0.115. The van der Waals surface area contributed by atoms with E-state index in [1.165, 1.54) is 0 Å². The maximum absolute atomic E-state index is 6.49.